The van der Waals surface area contributed by atoms with Crippen LogP contribution in [0.25, 0.3) is 5.57 Å². The van der Waals surface area contributed by atoms with Crippen molar-refractivity contribution in [2.45, 2.75) is 44.9 Å². The third-order valence-electron chi connectivity index (χ3n) is 6.95. The van der Waals surface area contributed by atoms with E-state index >= 15 is 0 Å². The molecule has 4 nitrogen and oxygen atoms in total. The lowest BCUT2D eigenvalue weighted by Crippen LogP contribution is -2.56. The first-order valence-corrected chi connectivity index (χ1v) is 10.6. The molecule has 1 saturated heterocycles. The van der Waals surface area contributed by atoms with Gasteiger partial charge in [0.2, 0.25) is 0 Å². The molecule has 0 bridgehead atoms. The van der Waals surface area contributed by atoms with Crippen molar-refractivity contribution in [3.8, 4) is 0 Å². The van der Waals surface area contributed by atoms with Crippen LogP contribution in [-0.4, -0.2) is 47.0 Å². The molecule has 0 unspecified atom stereocenters. The minimum absolute atomic E-state index is 0.0314. The largest absolute Gasteiger partial charge is 0.431 e. The fraction of sp³-hybridized carbons (Fsp3) is 0.458. The zero-order valence-electron chi connectivity index (χ0n) is 18.2. The second kappa shape index (κ2) is 7.55. The van der Waals surface area contributed by atoms with E-state index < -0.39 is 17.4 Å². The van der Waals surface area contributed by atoms with Crippen molar-refractivity contribution in [3.63, 3.8) is 0 Å². The van der Waals surface area contributed by atoms with Crippen molar-refractivity contribution in [2.75, 3.05) is 26.7 Å². The van der Waals surface area contributed by atoms with E-state index in [-0.39, 0.29) is 5.91 Å². The van der Waals surface area contributed by atoms with E-state index in [4.69, 9.17) is 0 Å². The number of piperidine rings is 1. The first-order valence-electron chi connectivity index (χ1n) is 10.6. The molecule has 166 valence electrons. The molecule has 0 radical (unpaired) electrons. The van der Waals surface area contributed by atoms with Crippen LogP contribution >= 0.6 is 0 Å². The van der Waals surface area contributed by atoms with Gasteiger partial charge in [0, 0.05) is 37.4 Å². The van der Waals surface area contributed by atoms with E-state index in [1.807, 2.05) is 44.0 Å². The van der Waals surface area contributed by atoms with Gasteiger partial charge in [-0.25, -0.2) is 0 Å². The predicted molar refractivity (Wildman–Crippen MR) is 115 cm³/mol. The minimum atomic E-state index is -4.36. The summed E-state index contributed by atoms with van der Waals surface area (Å²) in [4.78, 5) is 17.1. The number of alkyl halides is 3. The van der Waals surface area contributed by atoms with E-state index in [9.17, 15) is 18.0 Å². The zero-order chi connectivity index (χ0) is 22.6. The maximum absolute atomic E-state index is 13.4. The van der Waals surface area contributed by atoms with Gasteiger partial charge in [-0.2, -0.15) is 13.2 Å². The van der Waals surface area contributed by atoms with Gasteiger partial charge >= 0.3 is 6.18 Å². The van der Waals surface area contributed by atoms with E-state index in [1.54, 1.807) is 6.07 Å². The number of benzene rings is 1. The number of hydrogen-bond acceptors (Lipinski definition) is 2. The van der Waals surface area contributed by atoms with Gasteiger partial charge in [0.05, 0.1) is 5.54 Å². The van der Waals surface area contributed by atoms with Crippen LogP contribution in [0.3, 0.4) is 0 Å². The van der Waals surface area contributed by atoms with Crippen LogP contribution in [0.2, 0.25) is 0 Å². The molecule has 0 saturated carbocycles. The lowest BCUT2D eigenvalue weighted by molar-refractivity contribution is -0.144. The standard InChI is InChI=1S/C24H28F3N3O/c1-16(2)19-6-5-18(15-17(19)3)22(31)29-11-9-23(10-12-29)20-7-8-21(24(25,26)27)30(20)14-13-28(23)4/h5-8,15H,1,9-14H2,2-4H3. The fourth-order valence-corrected chi connectivity index (χ4v) is 5.20. The number of rotatable bonds is 2. The summed E-state index contributed by atoms with van der Waals surface area (Å²) in [7, 11) is 1.97. The molecule has 1 spiro atoms. The van der Waals surface area contributed by atoms with Gasteiger partial charge in [0.15, 0.2) is 0 Å². The number of fused-ring (bicyclic) bond motifs is 2. The SMILES string of the molecule is C=C(C)c1ccc(C(=O)N2CCC3(CC2)c2ccc(C(F)(F)F)n2CCN3C)cc1C. The van der Waals surface area contributed by atoms with Crippen molar-refractivity contribution in [2.24, 2.45) is 0 Å². The number of hydrogen-bond donors (Lipinski definition) is 0. The van der Waals surface area contributed by atoms with Gasteiger partial charge in [0.25, 0.3) is 5.91 Å². The Morgan fingerprint density at radius 3 is 2.32 bits per heavy atom. The second-order valence-electron chi connectivity index (χ2n) is 8.81. The van der Waals surface area contributed by atoms with Gasteiger partial charge < -0.3 is 9.47 Å². The quantitative estimate of drug-likeness (QED) is 0.675. The number of aryl methyl sites for hydroxylation is 1. The highest BCUT2D eigenvalue weighted by Crippen LogP contribution is 2.44. The number of aromatic nitrogens is 1. The summed E-state index contributed by atoms with van der Waals surface area (Å²) in [5.74, 6) is -0.0314. The highest BCUT2D eigenvalue weighted by Gasteiger charge is 2.47. The van der Waals surface area contributed by atoms with Gasteiger partial charge in [-0.1, -0.05) is 18.2 Å². The molecule has 31 heavy (non-hydrogen) atoms. The number of allylic oxidation sites excluding steroid dienone is 1. The summed E-state index contributed by atoms with van der Waals surface area (Å²) in [6.07, 6.45) is -3.14. The van der Waals surface area contributed by atoms with Crippen LogP contribution in [0.1, 0.15) is 52.6 Å². The number of likely N-dealkylation sites (N-methyl/N-ethyl adjacent to an activating group) is 1. The van der Waals surface area contributed by atoms with Gasteiger partial charge in [-0.15, -0.1) is 0 Å². The number of amides is 1. The third kappa shape index (κ3) is 3.59. The van der Waals surface area contributed by atoms with Crippen LogP contribution in [0, 0.1) is 6.92 Å². The van der Waals surface area contributed by atoms with Crippen LogP contribution in [0.5, 0.6) is 0 Å². The molecule has 2 aliphatic rings. The normalized spacial score (nSPS) is 18.8. The molecular weight excluding hydrogens is 403 g/mol. The van der Waals surface area contributed by atoms with E-state index in [1.165, 1.54) is 10.6 Å². The molecule has 0 N–H and O–H groups in total. The van der Waals surface area contributed by atoms with Gasteiger partial charge in [-0.3, -0.25) is 9.69 Å². The second-order valence-corrected chi connectivity index (χ2v) is 8.81. The van der Waals surface area contributed by atoms with Crippen LogP contribution in [0.15, 0.2) is 36.9 Å². The fourth-order valence-electron chi connectivity index (χ4n) is 5.20. The average Bonchev–Trinajstić information content (AvgIpc) is 3.16. The Labute approximate surface area is 180 Å². The van der Waals surface area contributed by atoms with Crippen LogP contribution in [-0.2, 0) is 18.3 Å². The number of carbonyl (C=O) groups excluding carboxylic acids is 1. The minimum Gasteiger partial charge on any atom is -0.338 e. The summed E-state index contributed by atoms with van der Waals surface area (Å²) >= 11 is 0. The molecule has 0 aliphatic carbocycles. The Morgan fingerprint density at radius 2 is 1.74 bits per heavy atom. The third-order valence-corrected chi connectivity index (χ3v) is 6.95. The number of likely N-dealkylation sites (tertiary alicyclic amines) is 1. The lowest BCUT2D eigenvalue weighted by atomic mass is 9.81. The highest BCUT2D eigenvalue weighted by atomic mass is 19.4. The molecule has 7 heteroatoms. The van der Waals surface area contributed by atoms with E-state index in [0.717, 1.165) is 16.7 Å². The Balaban J connectivity index is 1.56. The summed E-state index contributed by atoms with van der Waals surface area (Å²) < 4.78 is 41.7. The molecule has 1 aromatic carbocycles. The van der Waals surface area contributed by atoms with E-state index in [0.29, 0.717) is 50.3 Å². The van der Waals surface area contributed by atoms with Crippen molar-refractivity contribution < 1.29 is 18.0 Å². The molecule has 2 aromatic rings. The smallest absolute Gasteiger partial charge is 0.338 e. The molecule has 1 fully saturated rings. The Hall–Kier alpha value is -2.54. The molecule has 1 aromatic heterocycles. The Bertz CT molecular complexity index is 1030. The van der Waals surface area contributed by atoms with Crippen molar-refractivity contribution in [3.05, 3.63) is 65.0 Å². The number of halogens is 3. The molecule has 0 atom stereocenters. The number of carbonyl (C=O) groups is 1. The van der Waals surface area contributed by atoms with Crippen molar-refractivity contribution in [1.29, 1.82) is 0 Å². The van der Waals surface area contributed by atoms with Crippen LogP contribution in [0.4, 0.5) is 13.2 Å². The molecule has 4 rings (SSSR count). The summed E-state index contributed by atoms with van der Waals surface area (Å²) in [6, 6.07) is 8.47. The maximum Gasteiger partial charge on any atom is 0.431 e. The average molecular weight is 432 g/mol. The highest BCUT2D eigenvalue weighted by molar-refractivity contribution is 5.95. The molecule has 3 heterocycles. The zero-order valence-corrected chi connectivity index (χ0v) is 18.2. The molecular formula is C24H28F3N3O. The first-order chi connectivity index (χ1) is 14.5. The predicted octanol–water partition coefficient (Wildman–Crippen LogP) is 4.93. The first kappa shape index (κ1) is 21.7. The lowest BCUT2D eigenvalue weighted by Gasteiger charge is -2.50. The van der Waals surface area contributed by atoms with Gasteiger partial charge in [0.1, 0.15) is 5.69 Å². The molecule has 1 amide bonds. The monoisotopic (exact) mass is 431 g/mol. The summed E-state index contributed by atoms with van der Waals surface area (Å²) in [5, 5.41) is 0. The summed E-state index contributed by atoms with van der Waals surface area (Å²) in [6.45, 7) is 9.78. The van der Waals surface area contributed by atoms with Crippen molar-refractivity contribution >= 4 is 11.5 Å². The maximum atomic E-state index is 13.4. The Morgan fingerprint density at radius 1 is 1.06 bits per heavy atom. The summed E-state index contributed by atoms with van der Waals surface area (Å²) in [5.41, 5.74) is 3.30. The topological polar surface area (TPSA) is 28.5 Å². The Kier molecular flexibility index (Phi) is 5.28. The van der Waals surface area contributed by atoms with Crippen molar-refractivity contribution in [1.82, 2.24) is 14.4 Å². The molecule has 2 aliphatic heterocycles. The van der Waals surface area contributed by atoms with E-state index in [2.05, 4.69) is 11.5 Å². The van der Waals surface area contributed by atoms with Crippen LogP contribution < -0.4 is 0 Å². The van der Waals surface area contributed by atoms with Gasteiger partial charge in [-0.05, 0) is 69.1 Å². The number of nitrogens with zero attached hydrogens (tertiary/aromatic N) is 3.